The molecule has 1 fully saturated rings. The van der Waals surface area contributed by atoms with E-state index in [2.05, 4.69) is 29.2 Å². The van der Waals surface area contributed by atoms with Crippen LogP contribution < -0.4 is 0 Å². The fourth-order valence-corrected chi connectivity index (χ4v) is 3.37. The van der Waals surface area contributed by atoms with Crippen LogP contribution in [0.1, 0.15) is 24.0 Å². The molecule has 0 bridgehead atoms. The lowest BCUT2D eigenvalue weighted by molar-refractivity contribution is -0.142. The van der Waals surface area contributed by atoms with Crippen LogP contribution in [0.3, 0.4) is 0 Å². The van der Waals surface area contributed by atoms with E-state index in [1.165, 1.54) is 11.1 Å². The highest BCUT2D eigenvalue weighted by atomic mass is 16.4. The molecule has 0 spiro atoms. The summed E-state index contributed by atoms with van der Waals surface area (Å²) in [6, 6.07) is 8.58. The van der Waals surface area contributed by atoms with Crippen molar-refractivity contribution < 1.29 is 9.90 Å². The Morgan fingerprint density at radius 1 is 1.39 bits per heavy atom. The molecule has 3 nitrogen and oxygen atoms in total. The van der Waals surface area contributed by atoms with Gasteiger partial charge in [-0.2, -0.15) is 0 Å². The molecule has 1 heterocycles. The minimum Gasteiger partial charge on any atom is -0.481 e. The number of carbonyl (C=O) groups is 1. The molecule has 3 atom stereocenters. The standard InChI is InChI=1S/C15H19NO2/c1-10-7-16(9-14(10)15(17)18)8-12-6-11-4-2-3-5-13(11)12/h2-5,10,12,14H,6-9H2,1H3,(H,17,18). The van der Waals surface area contributed by atoms with Gasteiger partial charge in [0, 0.05) is 25.6 Å². The highest BCUT2D eigenvalue weighted by Crippen LogP contribution is 2.36. The first-order chi connectivity index (χ1) is 8.65. The second-order valence-corrected chi connectivity index (χ2v) is 5.74. The van der Waals surface area contributed by atoms with Gasteiger partial charge in [-0.25, -0.2) is 0 Å². The maximum absolute atomic E-state index is 11.1. The third-order valence-corrected chi connectivity index (χ3v) is 4.44. The number of nitrogens with zero attached hydrogens (tertiary/aromatic N) is 1. The van der Waals surface area contributed by atoms with E-state index in [1.54, 1.807) is 0 Å². The van der Waals surface area contributed by atoms with E-state index in [0.29, 0.717) is 5.92 Å². The number of carboxylic acids is 1. The molecule has 0 amide bonds. The van der Waals surface area contributed by atoms with Crippen LogP contribution in [0.2, 0.25) is 0 Å². The molecule has 1 N–H and O–H groups in total. The van der Waals surface area contributed by atoms with E-state index in [0.717, 1.165) is 26.1 Å². The van der Waals surface area contributed by atoms with Gasteiger partial charge >= 0.3 is 5.97 Å². The zero-order valence-corrected chi connectivity index (χ0v) is 10.7. The first-order valence-electron chi connectivity index (χ1n) is 6.68. The molecule has 3 heteroatoms. The Morgan fingerprint density at radius 3 is 2.83 bits per heavy atom. The Kier molecular flexibility index (Phi) is 2.86. The van der Waals surface area contributed by atoms with E-state index in [4.69, 9.17) is 5.11 Å². The summed E-state index contributed by atoms with van der Waals surface area (Å²) in [7, 11) is 0. The largest absolute Gasteiger partial charge is 0.481 e. The number of hydrogen-bond acceptors (Lipinski definition) is 2. The first-order valence-corrected chi connectivity index (χ1v) is 6.68. The van der Waals surface area contributed by atoms with E-state index in [1.807, 2.05) is 6.92 Å². The van der Waals surface area contributed by atoms with Gasteiger partial charge in [0.25, 0.3) is 0 Å². The highest BCUT2D eigenvalue weighted by Gasteiger charge is 2.37. The van der Waals surface area contributed by atoms with E-state index in [9.17, 15) is 4.79 Å². The maximum Gasteiger partial charge on any atom is 0.308 e. The summed E-state index contributed by atoms with van der Waals surface area (Å²) in [5, 5.41) is 9.14. The Bertz CT molecular complexity index is 471. The smallest absolute Gasteiger partial charge is 0.308 e. The monoisotopic (exact) mass is 245 g/mol. The third-order valence-electron chi connectivity index (χ3n) is 4.44. The maximum atomic E-state index is 11.1. The molecular weight excluding hydrogens is 226 g/mol. The Labute approximate surface area is 107 Å². The van der Waals surface area contributed by atoms with Gasteiger partial charge in [0.2, 0.25) is 0 Å². The fraction of sp³-hybridized carbons (Fsp3) is 0.533. The molecule has 96 valence electrons. The summed E-state index contributed by atoms with van der Waals surface area (Å²) in [6.07, 6.45) is 1.15. The van der Waals surface area contributed by atoms with Crippen LogP contribution in [-0.4, -0.2) is 35.6 Å². The minimum atomic E-state index is -0.640. The predicted molar refractivity (Wildman–Crippen MR) is 69.6 cm³/mol. The number of likely N-dealkylation sites (tertiary alicyclic amines) is 1. The first kappa shape index (κ1) is 11.7. The van der Waals surface area contributed by atoms with Crippen molar-refractivity contribution in [2.24, 2.45) is 11.8 Å². The highest BCUT2D eigenvalue weighted by molar-refractivity contribution is 5.71. The van der Waals surface area contributed by atoms with Crippen molar-refractivity contribution in [3.63, 3.8) is 0 Å². The third kappa shape index (κ3) is 1.93. The summed E-state index contributed by atoms with van der Waals surface area (Å²) < 4.78 is 0. The topological polar surface area (TPSA) is 40.5 Å². The average Bonchev–Trinajstić information content (AvgIpc) is 2.67. The molecule has 0 aromatic heterocycles. The van der Waals surface area contributed by atoms with E-state index >= 15 is 0 Å². The number of hydrogen-bond donors (Lipinski definition) is 1. The summed E-state index contributed by atoms with van der Waals surface area (Å²) in [5.74, 6) is 0.0677. The van der Waals surface area contributed by atoms with Crippen molar-refractivity contribution >= 4 is 5.97 Å². The Hall–Kier alpha value is -1.35. The van der Waals surface area contributed by atoms with Crippen LogP contribution in [-0.2, 0) is 11.2 Å². The Morgan fingerprint density at radius 2 is 2.17 bits per heavy atom. The van der Waals surface area contributed by atoms with Crippen LogP contribution in [0.15, 0.2) is 24.3 Å². The summed E-state index contributed by atoms with van der Waals surface area (Å²) in [6.45, 7) is 4.71. The van der Waals surface area contributed by atoms with Gasteiger partial charge in [-0.15, -0.1) is 0 Å². The van der Waals surface area contributed by atoms with Crippen molar-refractivity contribution in [1.29, 1.82) is 0 Å². The van der Waals surface area contributed by atoms with E-state index < -0.39 is 5.97 Å². The van der Waals surface area contributed by atoms with Crippen molar-refractivity contribution in [3.8, 4) is 0 Å². The Balaban J connectivity index is 1.62. The van der Waals surface area contributed by atoms with Crippen molar-refractivity contribution in [2.45, 2.75) is 19.3 Å². The molecule has 2 aliphatic rings. The number of rotatable bonds is 3. The van der Waals surface area contributed by atoms with Crippen LogP contribution in [0.4, 0.5) is 0 Å². The lowest BCUT2D eigenvalue weighted by Crippen LogP contribution is -2.32. The van der Waals surface area contributed by atoms with Crippen LogP contribution in [0.25, 0.3) is 0 Å². The summed E-state index contributed by atoms with van der Waals surface area (Å²) >= 11 is 0. The van der Waals surface area contributed by atoms with Gasteiger partial charge in [-0.05, 0) is 23.5 Å². The number of fused-ring (bicyclic) bond motifs is 1. The molecule has 3 unspecified atom stereocenters. The SMILES string of the molecule is CC1CN(CC2Cc3ccccc32)CC1C(=O)O. The van der Waals surface area contributed by atoms with Crippen molar-refractivity contribution in [2.75, 3.05) is 19.6 Å². The minimum absolute atomic E-state index is 0.180. The zero-order valence-electron chi connectivity index (χ0n) is 10.7. The molecule has 1 saturated heterocycles. The average molecular weight is 245 g/mol. The second-order valence-electron chi connectivity index (χ2n) is 5.74. The van der Waals surface area contributed by atoms with Crippen LogP contribution in [0, 0.1) is 11.8 Å². The van der Waals surface area contributed by atoms with Gasteiger partial charge in [-0.1, -0.05) is 31.2 Å². The predicted octanol–water partition coefficient (Wildman–Crippen LogP) is 1.98. The molecular formula is C15H19NO2. The van der Waals surface area contributed by atoms with Crippen LogP contribution in [0.5, 0.6) is 0 Å². The van der Waals surface area contributed by atoms with Crippen molar-refractivity contribution in [1.82, 2.24) is 4.90 Å². The van der Waals surface area contributed by atoms with E-state index in [-0.39, 0.29) is 11.8 Å². The molecule has 0 saturated carbocycles. The van der Waals surface area contributed by atoms with Gasteiger partial charge in [0.15, 0.2) is 0 Å². The molecule has 1 aromatic rings. The number of benzene rings is 1. The van der Waals surface area contributed by atoms with Crippen molar-refractivity contribution in [3.05, 3.63) is 35.4 Å². The molecule has 1 aliphatic heterocycles. The fourth-order valence-electron chi connectivity index (χ4n) is 3.37. The lowest BCUT2D eigenvalue weighted by Gasteiger charge is -2.33. The quantitative estimate of drug-likeness (QED) is 0.885. The van der Waals surface area contributed by atoms with Gasteiger partial charge in [0.05, 0.1) is 5.92 Å². The van der Waals surface area contributed by atoms with Gasteiger partial charge < -0.3 is 10.0 Å². The normalized spacial score (nSPS) is 30.8. The molecule has 0 radical (unpaired) electrons. The second kappa shape index (κ2) is 4.39. The van der Waals surface area contributed by atoms with Gasteiger partial charge in [0.1, 0.15) is 0 Å². The molecule has 1 aromatic carbocycles. The van der Waals surface area contributed by atoms with Gasteiger partial charge in [-0.3, -0.25) is 4.79 Å². The summed E-state index contributed by atoms with van der Waals surface area (Å²) in [5.41, 5.74) is 2.92. The lowest BCUT2D eigenvalue weighted by atomic mass is 9.77. The number of carboxylic acid groups (broad SMARTS) is 1. The molecule has 18 heavy (non-hydrogen) atoms. The molecule has 1 aliphatic carbocycles. The zero-order chi connectivity index (χ0) is 12.7. The molecule has 3 rings (SSSR count). The van der Waals surface area contributed by atoms with Crippen LogP contribution >= 0.6 is 0 Å². The number of aliphatic carboxylic acids is 1. The summed E-state index contributed by atoms with van der Waals surface area (Å²) in [4.78, 5) is 13.4.